The second-order valence-corrected chi connectivity index (χ2v) is 10.1. The zero-order valence-electron chi connectivity index (χ0n) is 18.2. The highest BCUT2D eigenvalue weighted by Gasteiger charge is 2.36. The predicted octanol–water partition coefficient (Wildman–Crippen LogP) is 4.87. The second-order valence-electron chi connectivity index (χ2n) is 8.10. The topological polar surface area (TPSA) is 83.5 Å². The molecule has 0 aliphatic carbocycles. The van der Waals surface area contributed by atoms with E-state index < -0.39 is 9.84 Å². The lowest BCUT2D eigenvalue weighted by Crippen LogP contribution is -2.46. The molecule has 8 heteroatoms. The summed E-state index contributed by atoms with van der Waals surface area (Å²) in [5.41, 5.74) is 3.12. The number of carbonyl (C=O) groups excluding carboxylic acids is 1. The maximum atomic E-state index is 13.7. The quantitative estimate of drug-likeness (QED) is 0.436. The van der Waals surface area contributed by atoms with E-state index in [0.717, 1.165) is 28.4 Å². The predicted molar refractivity (Wildman–Crippen MR) is 127 cm³/mol. The Morgan fingerprint density at radius 2 is 1.70 bits per heavy atom. The SMILES string of the molecule is CC(c1ccc2ccccc2n1)N1Cc2cccnc2N(c2ccc(S(C)(=O)=O)cc2)C1=O. The van der Waals surface area contributed by atoms with Gasteiger partial charge in [-0.25, -0.2) is 23.1 Å². The number of amides is 2. The fourth-order valence-electron chi connectivity index (χ4n) is 4.08. The Morgan fingerprint density at radius 3 is 2.45 bits per heavy atom. The summed E-state index contributed by atoms with van der Waals surface area (Å²) in [6.07, 6.45) is 2.80. The minimum absolute atomic E-state index is 0.197. The van der Waals surface area contributed by atoms with E-state index in [0.29, 0.717) is 18.1 Å². The number of anilines is 2. The Hall–Kier alpha value is -3.78. The number of urea groups is 1. The lowest BCUT2D eigenvalue weighted by molar-refractivity contribution is 0.179. The molecule has 2 aromatic carbocycles. The normalized spacial score (nSPS) is 14.9. The molecule has 0 N–H and O–H groups in total. The van der Waals surface area contributed by atoms with Gasteiger partial charge in [0.25, 0.3) is 0 Å². The van der Waals surface area contributed by atoms with Crippen molar-refractivity contribution in [2.45, 2.75) is 24.4 Å². The first-order valence-corrected chi connectivity index (χ1v) is 12.4. The maximum absolute atomic E-state index is 13.7. The van der Waals surface area contributed by atoms with Crippen molar-refractivity contribution in [3.8, 4) is 0 Å². The zero-order valence-corrected chi connectivity index (χ0v) is 19.0. The summed E-state index contributed by atoms with van der Waals surface area (Å²) in [7, 11) is -3.34. The molecule has 1 atom stereocenters. The molecule has 2 aromatic heterocycles. The molecule has 0 spiro atoms. The largest absolute Gasteiger partial charge is 0.331 e. The number of hydrogen-bond acceptors (Lipinski definition) is 5. The van der Waals surface area contributed by atoms with Crippen LogP contribution in [0.3, 0.4) is 0 Å². The molecule has 1 unspecified atom stereocenters. The van der Waals surface area contributed by atoms with Crippen molar-refractivity contribution in [1.29, 1.82) is 0 Å². The van der Waals surface area contributed by atoms with E-state index in [2.05, 4.69) is 4.98 Å². The molecule has 7 nitrogen and oxygen atoms in total. The van der Waals surface area contributed by atoms with Gasteiger partial charge in [0, 0.05) is 23.4 Å². The molecule has 4 aromatic rings. The number of pyridine rings is 2. The van der Waals surface area contributed by atoms with Crippen LogP contribution in [-0.4, -0.2) is 35.6 Å². The van der Waals surface area contributed by atoms with Crippen molar-refractivity contribution >= 4 is 38.3 Å². The zero-order chi connectivity index (χ0) is 23.2. The van der Waals surface area contributed by atoms with Crippen LogP contribution in [-0.2, 0) is 16.4 Å². The standard InChI is InChI=1S/C25H22N4O3S/c1-17(22-14-9-18-6-3-4-8-23(18)27-22)28-16-19-7-5-15-26-24(19)29(25(28)30)20-10-12-21(13-11-20)33(2,31)32/h3-15,17H,16H2,1-2H3. The van der Waals surface area contributed by atoms with Crippen LogP contribution in [0.1, 0.15) is 24.2 Å². The summed E-state index contributed by atoms with van der Waals surface area (Å²) in [6.45, 7) is 2.36. The van der Waals surface area contributed by atoms with Crippen LogP contribution in [0.5, 0.6) is 0 Å². The number of sulfone groups is 1. The summed E-state index contributed by atoms with van der Waals surface area (Å²) in [6, 6.07) is 21.4. The molecule has 5 rings (SSSR count). The number of rotatable bonds is 4. The Morgan fingerprint density at radius 1 is 0.939 bits per heavy atom. The third-order valence-electron chi connectivity index (χ3n) is 5.90. The number of carbonyl (C=O) groups is 1. The molecule has 1 aliphatic heterocycles. The fraction of sp³-hybridized carbons (Fsp3) is 0.160. The molecule has 0 saturated heterocycles. The molecule has 33 heavy (non-hydrogen) atoms. The summed E-state index contributed by atoms with van der Waals surface area (Å²) < 4.78 is 23.7. The average molecular weight is 459 g/mol. The first-order valence-electron chi connectivity index (χ1n) is 10.5. The number of fused-ring (bicyclic) bond motifs is 2. The Labute approximate surface area is 192 Å². The van der Waals surface area contributed by atoms with Gasteiger partial charge in [-0.3, -0.25) is 4.98 Å². The highest BCUT2D eigenvalue weighted by molar-refractivity contribution is 7.90. The van der Waals surface area contributed by atoms with Gasteiger partial charge in [-0.05, 0) is 49.4 Å². The Kier molecular flexibility index (Phi) is 5.09. The molecule has 0 radical (unpaired) electrons. The average Bonchev–Trinajstić information content (AvgIpc) is 2.82. The third-order valence-corrected chi connectivity index (χ3v) is 7.02. The van der Waals surface area contributed by atoms with Crippen molar-refractivity contribution in [1.82, 2.24) is 14.9 Å². The first-order chi connectivity index (χ1) is 15.8. The summed E-state index contributed by atoms with van der Waals surface area (Å²) in [5, 5.41) is 1.04. The van der Waals surface area contributed by atoms with E-state index in [4.69, 9.17) is 4.98 Å². The molecule has 2 amide bonds. The van der Waals surface area contributed by atoms with Gasteiger partial charge in [-0.2, -0.15) is 0 Å². The van der Waals surface area contributed by atoms with Gasteiger partial charge in [0.05, 0.1) is 34.4 Å². The molecule has 166 valence electrons. The van der Waals surface area contributed by atoms with E-state index in [1.807, 2.05) is 55.5 Å². The van der Waals surface area contributed by atoms with E-state index in [9.17, 15) is 13.2 Å². The van der Waals surface area contributed by atoms with Crippen molar-refractivity contribution < 1.29 is 13.2 Å². The lowest BCUT2D eigenvalue weighted by atomic mass is 10.1. The van der Waals surface area contributed by atoms with Gasteiger partial charge in [0.1, 0.15) is 5.82 Å². The number of para-hydroxylation sites is 1. The van der Waals surface area contributed by atoms with Crippen LogP contribution in [0.15, 0.2) is 83.9 Å². The van der Waals surface area contributed by atoms with E-state index in [1.54, 1.807) is 23.2 Å². The molecular weight excluding hydrogens is 436 g/mol. The maximum Gasteiger partial charge on any atom is 0.331 e. The molecule has 1 aliphatic rings. The van der Waals surface area contributed by atoms with Crippen LogP contribution in [0.2, 0.25) is 0 Å². The van der Waals surface area contributed by atoms with Crippen LogP contribution >= 0.6 is 0 Å². The highest BCUT2D eigenvalue weighted by atomic mass is 32.2. The number of benzene rings is 2. The van der Waals surface area contributed by atoms with Gasteiger partial charge in [0.2, 0.25) is 0 Å². The van der Waals surface area contributed by atoms with Gasteiger partial charge in [0.15, 0.2) is 9.84 Å². The molecule has 3 heterocycles. The van der Waals surface area contributed by atoms with E-state index >= 15 is 0 Å². The molecule has 0 fully saturated rings. The Balaban J connectivity index is 1.55. The van der Waals surface area contributed by atoms with Crippen LogP contribution in [0.25, 0.3) is 10.9 Å². The fourth-order valence-corrected chi connectivity index (χ4v) is 4.71. The Bertz CT molecular complexity index is 1470. The number of nitrogens with zero attached hydrogens (tertiary/aromatic N) is 4. The smallest absolute Gasteiger partial charge is 0.311 e. The van der Waals surface area contributed by atoms with Crippen molar-refractivity contribution in [2.75, 3.05) is 11.2 Å². The molecule has 0 saturated carbocycles. The van der Waals surface area contributed by atoms with Crippen molar-refractivity contribution in [3.63, 3.8) is 0 Å². The van der Waals surface area contributed by atoms with Gasteiger partial charge in [-0.1, -0.05) is 30.3 Å². The van der Waals surface area contributed by atoms with E-state index in [-0.39, 0.29) is 17.0 Å². The van der Waals surface area contributed by atoms with Crippen LogP contribution in [0, 0.1) is 0 Å². The second kappa shape index (κ2) is 7.97. The highest BCUT2D eigenvalue weighted by Crippen LogP contribution is 2.37. The van der Waals surface area contributed by atoms with Gasteiger partial charge in [-0.15, -0.1) is 0 Å². The first kappa shape index (κ1) is 21.1. The summed E-state index contributed by atoms with van der Waals surface area (Å²) in [4.78, 5) is 26.4. The summed E-state index contributed by atoms with van der Waals surface area (Å²) in [5.74, 6) is 0.546. The van der Waals surface area contributed by atoms with Gasteiger partial charge < -0.3 is 4.90 Å². The minimum atomic E-state index is -3.34. The van der Waals surface area contributed by atoms with Crippen LogP contribution < -0.4 is 4.90 Å². The van der Waals surface area contributed by atoms with Gasteiger partial charge >= 0.3 is 6.03 Å². The monoisotopic (exact) mass is 458 g/mol. The minimum Gasteiger partial charge on any atom is -0.311 e. The number of hydrogen-bond donors (Lipinski definition) is 0. The molecular formula is C25H22N4O3S. The number of aromatic nitrogens is 2. The summed E-state index contributed by atoms with van der Waals surface area (Å²) >= 11 is 0. The van der Waals surface area contributed by atoms with Crippen molar-refractivity contribution in [3.05, 3.63) is 90.3 Å². The van der Waals surface area contributed by atoms with Crippen LogP contribution in [0.4, 0.5) is 16.3 Å². The van der Waals surface area contributed by atoms with Crippen molar-refractivity contribution in [2.24, 2.45) is 0 Å². The van der Waals surface area contributed by atoms with E-state index in [1.165, 1.54) is 17.0 Å². The lowest BCUT2D eigenvalue weighted by Gasteiger charge is -2.39. The molecule has 0 bridgehead atoms. The third kappa shape index (κ3) is 3.82.